The first-order chi connectivity index (χ1) is 9.10. The summed E-state index contributed by atoms with van der Waals surface area (Å²) in [5, 5.41) is 20.3. The summed E-state index contributed by atoms with van der Waals surface area (Å²) in [4.78, 5) is 10.7. The minimum absolute atomic E-state index is 0.0856. The number of ether oxygens (including phenoxy) is 2. The van der Waals surface area contributed by atoms with Crippen LogP contribution in [0.25, 0.3) is 0 Å². The molecule has 106 valence electrons. The summed E-state index contributed by atoms with van der Waals surface area (Å²) in [5.41, 5.74) is 0. The Balaban J connectivity index is 2.04. The summed E-state index contributed by atoms with van der Waals surface area (Å²) in [5.74, 6) is -0.274. The number of aliphatic carboxylic acids is 1. The lowest BCUT2D eigenvalue weighted by Gasteiger charge is -2.15. The molecule has 8 heteroatoms. The summed E-state index contributed by atoms with van der Waals surface area (Å²) in [6.45, 7) is 2.32. The average molecular weight is 270 g/mol. The molecule has 1 aliphatic rings. The van der Waals surface area contributed by atoms with Gasteiger partial charge in [-0.1, -0.05) is 0 Å². The lowest BCUT2D eigenvalue weighted by atomic mass is 10.2. The summed E-state index contributed by atoms with van der Waals surface area (Å²) in [7, 11) is 1.48. The van der Waals surface area contributed by atoms with Gasteiger partial charge in [0.2, 0.25) is 0 Å². The van der Waals surface area contributed by atoms with Gasteiger partial charge >= 0.3 is 5.97 Å². The Hall–Kier alpha value is -1.54. The molecule has 19 heavy (non-hydrogen) atoms. The van der Waals surface area contributed by atoms with E-state index in [2.05, 4.69) is 15.5 Å². The Morgan fingerprint density at radius 3 is 3.00 bits per heavy atom. The van der Waals surface area contributed by atoms with E-state index in [0.29, 0.717) is 12.4 Å². The minimum Gasteiger partial charge on any atom is -0.481 e. The van der Waals surface area contributed by atoms with Crippen LogP contribution in [0.3, 0.4) is 0 Å². The van der Waals surface area contributed by atoms with Gasteiger partial charge in [-0.05, 0) is 30.2 Å². The zero-order valence-corrected chi connectivity index (χ0v) is 11.0. The van der Waals surface area contributed by atoms with Crippen LogP contribution in [0.15, 0.2) is 0 Å². The number of hydrogen-bond donors (Lipinski definition) is 1. The maximum atomic E-state index is 10.7. The fraction of sp³-hybridized carbons (Fsp3) is 0.818. The number of carbonyl (C=O) groups is 1. The van der Waals surface area contributed by atoms with E-state index in [9.17, 15) is 4.79 Å². The summed E-state index contributed by atoms with van der Waals surface area (Å²) < 4.78 is 12.4. The third-order valence-electron chi connectivity index (χ3n) is 3.19. The number of carboxylic acids is 1. The Morgan fingerprint density at radius 2 is 2.42 bits per heavy atom. The molecule has 0 spiro atoms. The van der Waals surface area contributed by atoms with Gasteiger partial charge in [-0.3, -0.25) is 4.79 Å². The molecule has 2 heterocycles. The zero-order valence-electron chi connectivity index (χ0n) is 11.0. The number of aromatic nitrogens is 4. The van der Waals surface area contributed by atoms with Crippen LogP contribution in [0.1, 0.15) is 38.1 Å². The first-order valence-corrected chi connectivity index (χ1v) is 6.26. The highest BCUT2D eigenvalue weighted by molar-refractivity contribution is 5.67. The molecule has 1 N–H and O–H groups in total. The molecule has 1 aromatic heterocycles. The molecule has 0 radical (unpaired) electrons. The normalized spacial score (nSPS) is 24.5. The van der Waals surface area contributed by atoms with Crippen molar-refractivity contribution >= 4 is 5.97 Å². The average Bonchev–Trinajstić information content (AvgIpc) is 2.96. The quantitative estimate of drug-likeness (QED) is 0.798. The van der Waals surface area contributed by atoms with Crippen LogP contribution in [0.2, 0.25) is 0 Å². The lowest BCUT2D eigenvalue weighted by molar-refractivity contribution is -0.140. The molecule has 1 aromatic rings. The molecule has 1 aliphatic heterocycles. The number of methoxy groups -OCH3 is 1. The second-order valence-corrected chi connectivity index (χ2v) is 4.69. The van der Waals surface area contributed by atoms with Crippen molar-refractivity contribution in [3.63, 3.8) is 0 Å². The smallest absolute Gasteiger partial charge is 0.306 e. The SMILES string of the molecule is COC(CC(=O)O)Cn1nnnc1C1CCC(C)O1. The van der Waals surface area contributed by atoms with E-state index in [0.717, 1.165) is 12.8 Å². The number of carboxylic acid groups (broad SMARTS) is 1. The summed E-state index contributed by atoms with van der Waals surface area (Å²) in [6.07, 6.45) is 1.38. The molecule has 3 atom stereocenters. The van der Waals surface area contributed by atoms with Crippen molar-refractivity contribution in [2.24, 2.45) is 0 Å². The van der Waals surface area contributed by atoms with Gasteiger partial charge in [0.05, 0.1) is 25.2 Å². The second kappa shape index (κ2) is 6.07. The zero-order chi connectivity index (χ0) is 13.8. The summed E-state index contributed by atoms with van der Waals surface area (Å²) >= 11 is 0. The highest BCUT2D eigenvalue weighted by Gasteiger charge is 2.29. The van der Waals surface area contributed by atoms with E-state index < -0.39 is 12.1 Å². The van der Waals surface area contributed by atoms with Crippen LogP contribution in [-0.4, -0.2) is 50.6 Å². The Morgan fingerprint density at radius 1 is 1.63 bits per heavy atom. The molecule has 1 fully saturated rings. The minimum atomic E-state index is -0.910. The molecular weight excluding hydrogens is 252 g/mol. The summed E-state index contributed by atoms with van der Waals surface area (Å²) in [6, 6.07) is 0. The van der Waals surface area contributed by atoms with Crippen molar-refractivity contribution in [2.45, 2.75) is 51.0 Å². The van der Waals surface area contributed by atoms with E-state index in [4.69, 9.17) is 14.6 Å². The number of rotatable bonds is 6. The molecule has 0 bridgehead atoms. The molecule has 1 saturated heterocycles. The van der Waals surface area contributed by atoms with Crippen LogP contribution in [0, 0.1) is 0 Å². The van der Waals surface area contributed by atoms with E-state index in [1.54, 1.807) is 4.68 Å². The molecule has 0 amide bonds. The number of hydrogen-bond acceptors (Lipinski definition) is 6. The maximum Gasteiger partial charge on any atom is 0.306 e. The predicted molar refractivity (Wildman–Crippen MR) is 63.4 cm³/mol. The van der Waals surface area contributed by atoms with E-state index in [1.165, 1.54) is 7.11 Å². The molecule has 2 rings (SSSR count). The van der Waals surface area contributed by atoms with Gasteiger partial charge in [0.15, 0.2) is 5.82 Å². The first-order valence-electron chi connectivity index (χ1n) is 6.26. The molecule has 3 unspecified atom stereocenters. The number of tetrazole rings is 1. The van der Waals surface area contributed by atoms with Crippen molar-refractivity contribution < 1.29 is 19.4 Å². The molecule has 0 saturated carbocycles. The van der Waals surface area contributed by atoms with Crippen LogP contribution >= 0.6 is 0 Å². The van der Waals surface area contributed by atoms with Crippen LogP contribution in [-0.2, 0) is 20.8 Å². The predicted octanol–water partition coefficient (Wildman–Crippen LogP) is 0.403. The van der Waals surface area contributed by atoms with Crippen molar-refractivity contribution in [1.82, 2.24) is 20.2 Å². The highest BCUT2D eigenvalue weighted by atomic mass is 16.5. The largest absolute Gasteiger partial charge is 0.481 e. The monoisotopic (exact) mass is 270 g/mol. The van der Waals surface area contributed by atoms with Crippen LogP contribution in [0.5, 0.6) is 0 Å². The lowest BCUT2D eigenvalue weighted by Crippen LogP contribution is -2.25. The molecule has 0 aromatic carbocycles. The highest BCUT2D eigenvalue weighted by Crippen LogP contribution is 2.30. The van der Waals surface area contributed by atoms with Gasteiger partial charge in [0, 0.05) is 7.11 Å². The van der Waals surface area contributed by atoms with Crippen molar-refractivity contribution in [1.29, 1.82) is 0 Å². The van der Waals surface area contributed by atoms with Crippen molar-refractivity contribution in [3.05, 3.63) is 5.82 Å². The Bertz CT molecular complexity index is 436. The molecule has 8 nitrogen and oxygen atoms in total. The van der Waals surface area contributed by atoms with E-state index in [1.807, 2.05) is 6.92 Å². The van der Waals surface area contributed by atoms with Crippen LogP contribution in [0.4, 0.5) is 0 Å². The topological polar surface area (TPSA) is 99.4 Å². The van der Waals surface area contributed by atoms with Gasteiger partial charge in [0.25, 0.3) is 0 Å². The van der Waals surface area contributed by atoms with Gasteiger partial charge in [-0.25, -0.2) is 4.68 Å². The molecule has 0 aliphatic carbocycles. The Kier molecular flexibility index (Phi) is 4.43. The number of nitrogens with zero attached hydrogens (tertiary/aromatic N) is 4. The van der Waals surface area contributed by atoms with Gasteiger partial charge in [-0.15, -0.1) is 5.10 Å². The Labute approximate surface area is 110 Å². The van der Waals surface area contributed by atoms with E-state index in [-0.39, 0.29) is 18.6 Å². The maximum absolute atomic E-state index is 10.7. The van der Waals surface area contributed by atoms with Crippen molar-refractivity contribution in [2.75, 3.05) is 7.11 Å². The van der Waals surface area contributed by atoms with Gasteiger partial charge < -0.3 is 14.6 Å². The van der Waals surface area contributed by atoms with Crippen LogP contribution < -0.4 is 0 Å². The third-order valence-corrected chi connectivity index (χ3v) is 3.19. The molecular formula is C11H18N4O4. The van der Waals surface area contributed by atoms with Gasteiger partial charge in [0.1, 0.15) is 6.10 Å². The van der Waals surface area contributed by atoms with Gasteiger partial charge in [-0.2, -0.15) is 0 Å². The second-order valence-electron chi connectivity index (χ2n) is 4.69. The third kappa shape index (κ3) is 3.48. The van der Waals surface area contributed by atoms with E-state index >= 15 is 0 Å². The fourth-order valence-corrected chi connectivity index (χ4v) is 2.17. The fourth-order valence-electron chi connectivity index (χ4n) is 2.17. The van der Waals surface area contributed by atoms with Crippen molar-refractivity contribution in [3.8, 4) is 0 Å². The first kappa shape index (κ1) is 13.9. The standard InChI is InChI=1S/C11H18N4O4/c1-7-3-4-9(19-7)11-12-13-14-15(11)6-8(18-2)5-10(16)17/h7-9H,3-6H2,1-2H3,(H,16,17).